The quantitative estimate of drug-likeness (QED) is 0.628. The van der Waals surface area contributed by atoms with Gasteiger partial charge in [0, 0.05) is 8.45 Å². The standard InChI is InChI=1S/C15H14IN3S/c16-9-4-5-13-11(8-9)18-15(17)19(13)12-2-1-3-14-10(12)6-7-20-14/h4-8,12H,1-3H2,(H2,17,18). The molecule has 1 unspecified atom stereocenters. The van der Waals surface area contributed by atoms with E-state index < -0.39 is 0 Å². The summed E-state index contributed by atoms with van der Waals surface area (Å²) in [4.78, 5) is 6.05. The fourth-order valence-corrected chi connectivity index (χ4v) is 4.60. The van der Waals surface area contributed by atoms with Gasteiger partial charge in [0.15, 0.2) is 0 Å². The number of halogens is 1. The first-order valence-electron chi connectivity index (χ1n) is 6.73. The smallest absolute Gasteiger partial charge is 0.201 e. The lowest BCUT2D eigenvalue weighted by atomic mass is 9.93. The van der Waals surface area contributed by atoms with Crippen LogP contribution in [-0.2, 0) is 6.42 Å². The number of nitrogen functional groups attached to an aromatic ring is 1. The number of hydrogen-bond donors (Lipinski definition) is 1. The number of rotatable bonds is 1. The molecule has 0 saturated carbocycles. The van der Waals surface area contributed by atoms with Crippen molar-refractivity contribution in [3.63, 3.8) is 0 Å². The number of aromatic nitrogens is 2. The lowest BCUT2D eigenvalue weighted by molar-refractivity contribution is 0.510. The number of imidazole rings is 1. The Bertz CT molecular complexity index is 790. The summed E-state index contributed by atoms with van der Waals surface area (Å²) in [5.41, 5.74) is 9.79. The maximum atomic E-state index is 6.21. The summed E-state index contributed by atoms with van der Waals surface area (Å²) >= 11 is 4.18. The van der Waals surface area contributed by atoms with Crippen LogP contribution >= 0.6 is 33.9 Å². The zero-order valence-electron chi connectivity index (χ0n) is 10.8. The maximum absolute atomic E-state index is 6.21. The average molecular weight is 395 g/mol. The summed E-state index contributed by atoms with van der Waals surface area (Å²) in [5, 5.41) is 2.20. The van der Waals surface area contributed by atoms with E-state index in [1.54, 1.807) is 0 Å². The molecule has 0 saturated heterocycles. The Morgan fingerprint density at radius 3 is 3.15 bits per heavy atom. The van der Waals surface area contributed by atoms with E-state index >= 15 is 0 Å². The van der Waals surface area contributed by atoms with Crippen LogP contribution in [0, 0.1) is 3.57 Å². The van der Waals surface area contributed by atoms with Gasteiger partial charge in [-0.1, -0.05) is 0 Å². The van der Waals surface area contributed by atoms with E-state index in [0.717, 1.165) is 17.5 Å². The van der Waals surface area contributed by atoms with Crippen molar-refractivity contribution in [3.8, 4) is 0 Å². The van der Waals surface area contributed by atoms with E-state index in [1.807, 2.05) is 11.3 Å². The molecule has 1 aliphatic rings. The number of nitrogens with zero attached hydrogens (tertiary/aromatic N) is 2. The van der Waals surface area contributed by atoms with Gasteiger partial charge in [-0.3, -0.25) is 0 Å². The molecule has 1 aromatic carbocycles. The third-order valence-corrected chi connectivity index (χ3v) is 5.68. The lowest BCUT2D eigenvalue weighted by Crippen LogP contribution is -2.17. The molecule has 102 valence electrons. The van der Waals surface area contributed by atoms with E-state index in [-0.39, 0.29) is 0 Å². The van der Waals surface area contributed by atoms with Crippen LogP contribution in [-0.4, -0.2) is 9.55 Å². The van der Waals surface area contributed by atoms with Crippen molar-refractivity contribution >= 4 is 50.9 Å². The van der Waals surface area contributed by atoms with Gasteiger partial charge in [0.1, 0.15) is 0 Å². The fraction of sp³-hybridized carbons (Fsp3) is 0.267. The summed E-state index contributed by atoms with van der Waals surface area (Å²) in [6.07, 6.45) is 3.57. The van der Waals surface area contributed by atoms with Crippen molar-refractivity contribution in [2.24, 2.45) is 0 Å². The Labute approximate surface area is 135 Å². The molecule has 2 aromatic heterocycles. The second-order valence-electron chi connectivity index (χ2n) is 5.18. The van der Waals surface area contributed by atoms with Crippen LogP contribution in [0.1, 0.15) is 29.3 Å². The lowest BCUT2D eigenvalue weighted by Gasteiger charge is -2.25. The second kappa shape index (κ2) is 4.73. The molecule has 5 heteroatoms. The summed E-state index contributed by atoms with van der Waals surface area (Å²) in [6, 6.07) is 8.95. The fourth-order valence-electron chi connectivity index (χ4n) is 3.15. The van der Waals surface area contributed by atoms with Crippen molar-refractivity contribution < 1.29 is 0 Å². The van der Waals surface area contributed by atoms with Crippen LogP contribution in [0.2, 0.25) is 0 Å². The van der Waals surface area contributed by atoms with E-state index in [0.29, 0.717) is 12.0 Å². The molecule has 0 bridgehead atoms. The molecule has 2 N–H and O–H groups in total. The zero-order valence-corrected chi connectivity index (χ0v) is 13.8. The first-order valence-corrected chi connectivity index (χ1v) is 8.69. The largest absolute Gasteiger partial charge is 0.369 e. The van der Waals surface area contributed by atoms with Gasteiger partial charge < -0.3 is 10.3 Å². The first kappa shape index (κ1) is 12.6. The maximum Gasteiger partial charge on any atom is 0.201 e. The molecular formula is C15H14IN3S. The van der Waals surface area contributed by atoms with Gasteiger partial charge in [0.25, 0.3) is 0 Å². The summed E-state index contributed by atoms with van der Waals surface area (Å²) in [6.45, 7) is 0. The molecule has 0 fully saturated rings. The molecule has 0 radical (unpaired) electrons. The second-order valence-corrected chi connectivity index (χ2v) is 7.43. The molecular weight excluding hydrogens is 381 g/mol. The van der Waals surface area contributed by atoms with Crippen molar-refractivity contribution in [2.45, 2.75) is 25.3 Å². The van der Waals surface area contributed by atoms with Gasteiger partial charge >= 0.3 is 0 Å². The Kier molecular flexibility index (Phi) is 2.99. The Morgan fingerprint density at radius 1 is 1.35 bits per heavy atom. The molecule has 20 heavy (non-hydrogen) atoms. The summed E-state index contributed by atoms with van der Waals surface area (Å²) < 4.78 is 3.41. The topological polar surface area (TPSA) is 43.8 Å². The van der Waals surface area contributed by atoms with E-state index in [1.165, 1.54) is 26.9 Å². The monoisotopic (exact) mass is 395 g/mol. The number of fused-ring (bicyclic) bond motifs is 2. The molecule has 0 spiro atoms. The molecule has 2 heterocycles. The van der Waals surface area contributed by atoms with Crippen LogP contribution in [0.5, 0.6) is 0 Å². The molecule has 3 nitrogen and oxygen atoms in total. The normalized spacial score (nSPS) is 18.4. The molecule has 3 aromatic rings. The number of anilines is 1. The minimum atomic E-state index is 0.343. The number of aryl methyl sites for hydroxylation is 1. The van der Waals surface area contributed by atoms with Crippen LogP contribution in [0.25, 0.3) is 11.0 Å². The van der Waals surface area contributed by atoms with Crippen LogP contribution in [0.3, 0.4) is 0 Å². The Balaban J connectivity index is 1.94. The highest BCUT2D eigenvalue weighted by Gasteiger charge is 2.25. The van der Waals surface area contributed by atoms with Gasteiger partial charge in [-0.25, -0.2) is 4.98 Å². The number of nitrogens with two attached hydrogens (primary N) is 1. The first-order chi connectivity index (χ1) is 9.74. The van der Waals surface area contributed by atoms with Crippen molar-refractivity contribution in [3.05, 3.63) is 43.7 Å². The Morgan fingerprint density at radius 2 is 2.25 bits per heavy atom. The third-order valence-electron chi connectivity index (χ3n) is 4.01. The molecule has 0 amide bonds. The summed E-state index contributed by atoms with van der Waals surface area (Å²) in [5.74, 6) is 0.631. The van der Waals surface area contributed by atoms with Gasteiger partial charge in [0.2, 0.25) is 5.95 Å². The predicted octanol–water partition coefficient (Wildman–Crippen LogP) is 4.21. The zero-order chi connectivity index (χ0) is 13.7. The number of thiophene rings is 1. The third kappa shape index (κ3) is 1.87. The van der Waals surface area contributed by atoms with Crippen LogP contribution < -0.4 is 5.73 Å². The highest BCUT2D eigenvalue weighted by atomic mass is 127. The molecule has 1 atom stereocenters. The average Bonchev–Trinajstić information content (AvgIpc) is 3.01. The molecule has 4 rings (SSSR count). The highest BCUT2D eigenvalue weighted by molar-refractivity contribution is 14.1. The van der Waals surface area contributed by atoms with Gasteiger partial charge in [-0.05, 0) is 77.1 Å². The van der Waals surface area contributed by atoms with Gasteiger partial charge in [-0.15, -0.1) is 11.3 Å². The number of benzene rings is 1. The van der Waals surface area contributed by atoms with Gasteiger partial charge in [-0.2, -0.15) is 0 Å². The van der Waals surface area contributed by atoms with E-state index in [2.05, 4.69) is 61.8 Å². The molecule has 1 aliphatic carbocycles. The van der Waals surface area contributed by atoms with E-state index in [9.17, 15) is 0 Å². The van der Waals surface area contributed by atoms with Crippen molar-refractivity contribution in [1.29, 1.82) is 0 Å². The van der Waals surface area contributed by atoms with Crippen molar-refractivity contribution in [2.75, 3.05) is 5.73 Å². The molecule has 0 aliphatic heterocycles. The minimum absolute atomic E-state index is 0.343. The predicted molar refractivity (Wildman–Crippen MR) is 92.3 cm³/mol. The SMILES string of the molecule is Nc1nc2cc(I)ccc2n1C1CCCc2sccc21. The highest BCUT2D eigenvalue weighted by Crippen LogP contribution is 2.39. The van der Waals surface area contributed by atoms with Gasteiger partial charge in [0.05, 0.1) is 17.1 Å². The number of hydrogen-bond acceptors (Lipinski definition) is 3. The Hall–Kier alpha value is -1.08. The van der Waals surface area contributed by atoms with E-state index in [4.69, 9.17) is 5.73 Å². The van der Waals surface area contributed by atoms with Crippen molar-refractivity contribution in [1.82, 2.24) is 9.55 Å². The summed E-state index contributed by atoms with van der Waals surface area (Å²) in [7, 11) is 0. The van der Waals surface area contributed by atoms with Crippen LogP contribution in [0.4, 0.5) is 5.95 Å². The van der Waals surface area contributed by atoms with Crippen LogP contribution in [0.15, 0.2) is 29.6 Å². The minimum Gasteiger partial charge on any atom is -0.369 e.